The molecule has 5 rings (SSSR count). The van der Waals surface area contributed by atoms with Gasteiger partial charge in [-0.05, 0) is 60.0 Å². The number of carboxylic acids is 1. The largest absolute Gasteiger partial charge is 0.481 e. The number of nitrogens with zero attached hydrogens (tertiary/aromatic N) is 3. The summed E-state index contributed by atoms with van der Waals surface area (Å²) in [5, 5.41) is 19.8. The molecule has 0 unspecified atom stereocenters. The van der Waals surface area contributed by atoms with Crippen LogP contribution in [0.15, 0.2) is 48.5 Å². The molecule has 3 aromatic carbocycles. The summed E-state index contributed by atoms with van der Waals surface area (Å²) in [6.45, 7) is 1.94. The lowest BCUT2D eigenvalue weighted by atomic mass is 9.93. The number of nitrogens with one attached hydrogen (secondary N) is 1. The van der Waals surface area contributed by atoms with Gasteiger partial charge in [-0.3, -0.25) is 9.48 Å². The van der Waals surface area contributed by atoms with Crippen molar-refractivity contribution in [2.75, 3.05) is 12.4 Å². The molecule has 0 atom stereocenters. The van der Waals surface area contributed by atoms with Gasteiger partial charge in [-0.15, -0.1) is 11.3 Å². The molecule has 0 aliphatic carbocycles. The first-order valence-corrected chi connectivity index (χ1v) is 11.6. The van der Waals surface area contributed by atoms with Crippen LogP contribution in [0.25, 0.3) is 42.8 Å². The summed E-state index contributed by atoms with van der Waals surface area (Å²) in [7, 11) is 3.78. The Morgan fingerprint density at radius 3 is 2.58 bits per heavy atom. The first kappa shape index (κ1) is 21.4. The predicted octanol–water partition coefficient (Wildman–Crippen LogP) is 6.15. The predicted molar refractivity (Wildman–Crippen MR) is 135 cm³/mol. The number of hydrogen-bond donors (Lipinski definition) is 2. The zero-order valence-electron chi connectivity index (χ0n) is 18.3. The van der Waals surface area contributed by atoms with Crippen molar-refractivity contribution in [2.24, 2.45) is 7.05 Å². The number of halogens is 1. The van der Waals surface area contributed by atoms with Crippen LogP contribution in [-0.2, 0) is 18.3 Å². The number of carboxylic acid groups (broad SMARTS) is 1. The highest BCUT2D eigenvalue weighted by Gasteiger charge is 2.20. The van der Waals surface area contributed by atoms with Crippen molar-refractivity contribution in [1.82, 2.24) is 14.8 Å². The minimum absolute atomic E-state index is 0.0554. The Kier molecular flexibility index (Phi) is 5.31. The van der Waals surface area contributed by atoms with Crippen molar-refractivity contribution in [3.8, 4) is 21.7 Å². The van der Waals surface area contributed by atoms with E-state index in [0.29, 0.717) is 5.02 Å². The van der Waals surface area contributed by atoms with Crippen LogP contribution in [0.2, 0.25) is 5.02 Å². The molecule has 8 heteroatoms. The molecule has 33 heavy (non-hydrogen) atoms. The molecule has 0 fully saturated rings. The van der Waals surface area contributed by atoms with Gasteiger partial charge in [0.25, 0.3) is 0 Å². The normalized spacial score (nSPS) is 11.4. The maximum absolute atomic E-state index is 11.7. The Hall–Kier alpha value is -3.42. The van der Waals surface area contributed by atoms with Crippen LogP contribution in [0.4, 0.5) is 5.82 Å². The van der Waals surface area contributed by atoms with Gasteiger partial charge in [0.05, 0.1) is 22.2 Å². The van der Waals surface area contributed by atoms with E-state index in [9.17, 15) is 9.90 Å². The summed E-state index contributed by atoms with van der Waals surface area (Å²) < 4.78 is 2.82. The van der Waals surface area contributed by atoms with E-state index in [2.05, 4.69) is 16.5 Å². The fourth-order valence-corrected chi connectivity index (χ4v) is 5.50. The maximum Gasteiger partial charge on any atom is 0.307 e. The van der Waals surface area contributed by atoms with Crippen LogP contribution in [0.5, 0.6) is 0 Å². The molecule has 0 radical (unpaired) electrons. The Morgan fingerprint density at radius 1 is 1.15 bits per heavy atom. The number of fused-ring (bicyclic) bond motifs is 2. The zero-order chi connectivity index (χ0) is 23.3. The second-order valence-corrected chi connectivity index (χ2v) is 9.38. The molecule has 0 bridgehead atoms. The Morgan fingerprint density at radius 2 is 1.88 bits per heavy atom. The molecule has 6 nitrogen and oxygen atoms in total. The monoisotopic (exact) mass is 476 g/mol. The van der Waals surface area contributed by atoms with E-state index in [-0.39, 0.29) is 6.42 Å². The third-order valence-corrected chi connectivity index (χ3v) is 7.20. The summed E-state index contributed by atoms with van der Waals surface area (Å²) in [5.74, 6) is -0.0454. The van der Waals surface area contributed by atoms with Crippen LogP contribution in [0, 0.1) is 6.92 Å². The highest BCUT2D eigenvalue weighted by molar-refractivity contribution is 7.22. The summed E-state index contributed by atoms with van der Waals surface area (Å²) in [5.41, 5.74) is 6.43. The number of anilines is 1. The van der Waals surface area contributed by atoms with E-state index in [0.717, 1.165) is 59.8 Å². The second-order valence-electron chi connectivity index (χ2n) is 7.95. The zero-order valence-corrected chi connectivity index (χ0v) is 19.9. The number of hydrogen-bond acceptors (Lipinski definition) is 5. The lowest BCUT2D eigenvalue weighted by molar-refractivity contribution is -0.136. The number of benzene rings is 3. The molecule has 0 aliphatic heterocycles. The van der Waals surface area contributed by atoms with E-state index in [4.69, 9.17) is 16.6 Å². The van der Waals surface area contributed by atoms with Gasteiger partial charge in [0.1, 0.15) is 5.01 Å². The van der Waals surface area contributed by atoms with Crippen molar-refractivity contribution in [3.63, 3.8) is 0 Å². The molecule has 0 spiro atoms. The first-order chi connectivity index (χ1) is 15.9. The van der Waals surface area contributed by atoms with Gasteiger partial charge in [-0.2, -0.15) is 5.10 Å². The van der Waals surface area contributed by atoms with Crippen LogP contribution in [-0.4, -0.2) is 32.9 Å². The second kappa shape index (κ2) is 8.17. The van der Waals surface area contributed by atoms with Gasteiger partial charge in [0.2, 0.25) is 0 Å². The highest BCUT2D eigenvalue weighted by Crippen LogP contribution is 2.41. The fourth-order valence-electron chi connectivity index (χ4n) is 4.24. The highest BCUT2D eigenvalue weighted by atomic mass is 35.5. The van der Waals surface area contributed by atoms with E-state index in [1.807, 2.05) is 68.2 Å². The number of aromatic nitrogens is 3. The SMILES string of the molecule is CNc1nn(C)c2ccc(-c3nc4cc(C)c(CC(=O)O)c(-c5ccc(Cl)cc5)c4s3)cc12. The summed E-state index contributed by atoms with van der Waals surface area (Å²) in [4.78, 5) is 16.6. The van der Waals surface area contributed by atoms with Crippen molar-refractivity contribution >= 4 is 55.8 Å². The lowest BCUT2D eigenvalue weighted by Crippen LogP contribution is -2.04. The van der Waals surface area contributed by atoms with Crippen LogP contribution in [0.1, 0.15) is 11.1 Å². The summed E-state index contributed by atoms with van der Waals surface area (Å²) in [6.07, 6.45) is -0.0554. The van der Waals surface area contributed by atoms with Gasteiger partial charge in [0, 0.05) is 35.6 Å². The van der Waals surface area contributed by atoms with Gasteiger partial charge in [0.15, 0.2) is 5.82 Å². The minimum Gasteiger partial charge on any atom is -0.481 e. The summed E-state index contributed by atoms with van der Waals surface area (Å²) >= 11 is 7.69. The molecule has 166 valence electrons. The Bertz CT molecular complexity index is 1540. The molecule has 0 aliphatic rings. The van der Waals surface area contributed by atoms with Crippen molar-refractivity contribution in [2.45, 2.75) is 13.3 Å². The van der Waals surface area contributed by atoms with Crippen LogP contribution in [0.3, 0.4) is 0 Å². The van der Waals surface area contributed by atoms with Gasteiger partial charge in [-0.25, -0.2) is 4.98 Å². The fraction of sp³-hybridized carbons (Fsp3) is 0.160. The van der Waals surface area contributed by atoms with Crippen molar-refractivity contribution < 1.29 is 9.90 Å². The summed E-state index contributed by atoms with van der Waals surface area (Å²) in [6, 6.07) is 15.7. The average molecular weight is 477 g/mol. The molecular formula is C25H21ClN4O2S. The number of carbonyl (C=O) groups is 1. The van der Waals surface area contributed by atoms with E-state index < -0.39 is 5.97 Å². The number of aryl methyl sites for hydroxylation is 2. The van der Waals surface area contributed by atoms with E-state index >= 15 is 0 Å². The third-order valence-electron chi connectivity index (χ3n) is 5.81. The van der Waals surface area contributed by atoms with Gasteiger partial charge >= 0.3 is 5.97 Å². The Balaban J connectivity index is 1.75. The molecule has 2 heterocycles. The smallest absolute Gasteiger partial charge is 0.307 e. The van der Waals surface area contributed by atoms with E-state index in [1.165, 1.54) is 0 Å². The Labute approximate surface area is 199 Å². The van der Waals surface area contributed by atoms with Crippen LogP contribution < -0.4 is 5.32 Å². The topological polar surface area (TPSA) is 80.0 Å². The standard InChI is InChI=1S/C25H21ClN4O2S/c1-13-10-19-23(22(17(13)12-21(31)32)14-4-7-16(26)8-5-14)33-25(28-19)15-6-9-20-18(11-15)24(27-2)29-30(20)3/h4-11H,12H2,1-3H3,(H,27,29)(H,31,32). The van der Waals surface area contributed by atoms with E-state index in [1.54, 1.807) is 11.3 Å². The van der Waals surface area contributed by atoms with Crippen LogP contribution >= 0.6 is 22.9 Å². The molecular weight excluding hydrogens is 456 g/mol. The number of thiazole rings is 1. The number of rotatable bonds is 5. The lowest BCUT2D eigenvalue weighted by Gasteiger charge is -2.13. The van der Waals surface area contributed by atoms with Gasteiger partial charge in [-0.1, -0.05) is 23.7 Å². The van der Waals surface area contributed by atoms with Crippen molar-refractivity contribution in [1.29, 1.82) is 0 Å². The molecule has 5 aromatic rings. The molecule has 0 saturated carbocycles. The average Bonchev–Trinajstić information content (AvgIpc) is 3.35. The van der Waals surface area contributed by atoms with Gasteiger partial charge < -0.3 is 10.4 Å². The molecule has 0 saturated heterocycles. The third kappa shape index (κ3) is 3.73. The molecule has 2 aromatic heterocycles. The molecule has 2 N–H and O–H groups in total. The number of aliphatic carboxylic acids is 1. The van der Waals surface area contributed by atoms with Crippen molar-refractivity contribution in [3.05, 3.63) is 64.7 Å². The maximum atomic E-state index is 11.7. The minimum atomic E-state index is -0.862. The molecule has 0 amide bonds. The first-order valence-electron chi connectivity index (χ1n) is 10.4. The quantitative estimate of drug-likeness (QED) is 0.318.